The lowest BCUT2D eigenvalue weighted by molar-refractivity contribution is 0.265. The molecule has 0 bridgehead atoms. The van der Waals surface area contributed by atoms with E-state index in [1.807, 2.05) is 0 Å². The molecule has 0 unspecified atom stereocenters. The molecule has 19 heavy (non-hydrogen) atoms. The Kier molecular flexibility index (Phi) is 2.38. The predicted molar refractivity (Wildman–Crippen MR) is 67.2 cm³/mol. The zero-order chi connectivity index (χ0) is 12.7. The Morgan fingerprint density at radius 3 is 3.26 bits per heavy atom. The summed E-state index contributed by atoms with van der Waals surface area (Å²) in [4.78, 5) is 12.8. The third-order valence-corrected chi connectivity index (χ3v) is 4.43. The molecule has 0 spiro atoms. The normalized spacial score (nSPS) is 29.6. The highest BCUT2D eigenvalue weighted by atomic mass is 16.5. The van der Waals surface area contributed by atoms with Crippen LogP contribution in [0.5, 0.6) is 0 Å². The first-order valence-electron chi connectivity index (χ1n) is 6.70. The smallest absolute Gasteiger partial charge is 0.234 e. The molecule has 1 aliphatic carbocycles. The molecule has 2 aliphatic rings. The molecule has 0 radical (unpaired) electrons. The lowest BCUT2D eigenvalue weighted by Gasteiger charge is -2.22. The van der Waals surface area contributed by atoms with E-state index >= 15 is 0 Å². The Balaban J connectivity index is 1.72. The molecular formula is C13H15N5O. The van der Waals surface area contributed by atoms with Gasteiger partial charge in [0.15, 0.2) is 0 Å². The molecule has 2 aromatic rings. The standard InChI is InChI=1S/C13H15N5O/c1-2-9-6-15-8-13(9,3-1)12-17-11(18-19-12)10-7-14-4-5-16-10/h4-5,7,9,15H,1-3,6,8H2/t9-,13+/m1/s1. The minimum atomic E-state index is 0.0491. The predicted octanol–water partition coefficient (Wildman–Crippen LogP) is 1.17. The second-order valence-corrected chi connectivity index (χ2v) is 5.39. The summed E-state index contributed by atoms with van der Waals surface area (Å²) < 4.78 is 5.54. The monoisotopic (exact) mass is 257 g/mol. The average molecular weight is 257 g/mol. The van der Waals surface area contributed by atoms with Gasteiger partial charge in [-0.25, -0.2) is 4.98 Å². The highest BCUT2D eigenvalue weighted by molar-refractivity contribution is 5.45. The molecule has 2 fully saturated rings. The van der Waals surface area contributed by atoms with Crippen LogP contribution in [0, 0.1) is 5.92 Å². The zero-order valence-corrected chi connectivity index (χ0v) is 10.5. The van der Waals surface area contributed by atoms with Gasteiger partial charge in [0.05, 0.1) is 11.6 Å². The summed E-state index contributed by atoms with van der Waals surface area (Å²) in [6.07, 6.45) is 8.55. The first kappa shape index (κ1) is 11.0. The first-order valence-corrected chi connectivity index (χ1v) is 6.70. The molecular weight excluding hydrogens is 242 g/mol. The fourth-order valence-corrected chi connectivity index (χ4v) is 3.45. The van der Waals surface area contributed by atoms with Crippen LogP contribution >= 0.6 is 0 Å². The van der Waals surface area contributed by atoms with Gasteiger partial charge in [-0.3, -0.25) is 4.98 Å². The number of fused-ring (bicyclic) bond motifs is 1. The molecule has 98 valence electrons. The Morgan fingerprint density at radius 1 is 1.37 bits per heavy atom. The third kappa shape index (κ3) is 1.59. The van der Waals surface area contributed by atoms with E-state index in [1.165, 1.54) is 12.8 Å². The van der Waals surface area contributed by atoms with Crippen LogP contribution in [-0.2, 0) is 5.41 Å². The van der Waals surface area contributed by atoms with Crippen molar-refractivity contribution < 1.29 is 4.52 Å². The van der Waals surface area contributed by atoms with Gasteiger partial charge in [0.2, 0.25) is 11.7 Å². The molecule has 2 atom stereocenters. The van der Waals surface area contributed by atoms with Gasteiger partial charge < -0.3 is 9.84 Å². The fourth-order valence-electron chi connectivity index (χ4n) is 3.45. The van der Waals surface area contributed by atoms with E-state index in [2.05, 4.69) is 25.4 Å². The van der Waals surface area contributed by atoms with Gasteiger partial charge in [-0.1, -0.05) is 11.6 Å². The van der Waals surface area contributed by atoms with Gasteiger partial charge >= 0.3 is 0 Å². The zero-order valence-electron chi connectivity index (χ0n) is 10.5. The lowest BCUT2D eigenvalue weighted by Crippen LogP contribution is -2.31. The number of nitrogens with one attached hydrogen (secondary N) is 1. The topological polar surface area (TPSA) is 76.7 Å². The van der Waals surface area contributed by atoms with Crippen LogP contribution in [0.2, 0.25) is 0 Å². The first-order chi connectivity index (χ1) is 9.38. The summed E-state index contributed by atoms with van der Waals surface area (Å²) >= 11 is 0. The van der Waals surface area contributed by atoms with Crippen LogP contribution in [0.1, 0.15) is 25.2 Å². The van der Waals surface area contributed by atoms with Gasteiger partial charge in [0.25, 0.3) is 0 Å². The maximum atomic E-state index is 5.54. The van der Waals surface area contributed by atoms with E-state index in [1.54, 1.807) is 18.6 Å². The average Bonchev–Trinajstić information content (AvgIpc) is 3.14. The largest absolute Gasteiger partial charge is 0.338 e. The van der Waals surface area contributed by atoms with Crippen molar-refractivity contribution in [1.82, 2.24) is 25.4 Å². The molecule has 1 saturated carbocycles. The SMILES string of the molecule is c1cnc(-c2noc([C@]34CCC[C@@H]3CNC4)n2)cn1. The van der Waals surface area contributed by atoms with Gasteiger partial charge in [-0.15, -0.1) is 0 Å². The van der Waals surface area contributed by atoms with E-state index in [4.69, 9.17) is 4.52 Å². The summed E-state index contributed by atoms with van der Waals surface area (Å²) in [7, 11) is 0. The minimum absolute atomic E-state index is 0.0491. The van der Waals surface area contributed by atoms with Crippen LogP contribution in [-0.4, -0.2) is 33.2 Å². The maximum absolute atomic E-state index is 5.54. The van der Waals surface area contributed by atoms with E-state index in [9.17, 15) is 0 Å². The van der Waals surface area contributed by atoms with Crippen molar-refractivity contribution in [1.29, 1.82) is 0 Å². The van der Waals surface area contributed by atoms with E-state index in [0.29, 0.717) is 17.4 Å². The second-order valence-electron chi connectivity index (χ2n) is 5.39. The minimum Gasteiger partial charge on any atom is -0.338 e. The van der Waals surface area contributed by atoms with Crippen molar-refractivity contribution >= 4 is 0 Å². The van der Waals surface area contributed by atoms with Crippen molar-refractivity contribution in [2.75, 3.05) is 13.1 Å². The lowest BCUT2D eigenvalue weighted by atomic mass is 9.80. The molecule has 6 nitrogen and oxygen atoms in total. The maximum Gasteiger partial charge on any atom is 0.234 e. The molecule has 1 saturated heterocycles. The molecule has 4 rings (SSSR count). The number of hydrogen-bond acceptors (Lipinski definition) is 6. The molecule has 6 heteroatoms. The fraction of sp³-hybridized carbons (Fsp3) is 0.538. The van der Waals surface area contributed by atoms with Crippen molar-refractivity contribution in [2.45, 2.75) is 24.7 Å². The van der Waals surface area contributed by atoms with E-state index < -0.39 is 0 Å². The van der Waals surface area contributed by atoms with Crippen LogP contribution in [0.3, 0.4) is 0 Å². The van der Waals surface area contributed by atoms with Gasteiger partial charge in [-0.05, 0) is 25.3 Å². The third-order valence-electron chi connectivity index (χ3n) is 4.43. The van der Waals surface area contributed by atoms with Gasteiger partial charge in [0.1, 0.15) is 5.69 Å². The molecule has 2 aromatic heterocycles. The number of hydrogen-bond donors (Lipinski definition) is 1. The number of nitrogens with zero attached hydrogens (tertiary/aromatic N) is 4. The Bertz CT molecular complexity index is 572. The van der Waals surface area contributed by atoms with Crippen LogP contribution in [0.25, 0.3) is 11.5 Å². The molecule has 3 heterocycles. The van der Waals surface area contributed by atoms with Crippen LogP contribution in [0.15, 0.2) is 23.1 Å². The Morgan fingerprint density at radius 2 is 2.37 bits per heavy atom. The number of rotatable bonds is 2. The summed E-state index contributed by atoms with van der Waals surface area (Å²) in [5.41, 5.74) is 0.711. The molecule has 1 N–H and O–H groups in total. The van der Waals surface area contributed by atoms with Crippen molar-refractivity contribution in [3.05, 3.63) is 24.5 Å². The summed E-state index contributed by atoms with van der Waals surface area (Å²) in [5, 5.41) is 7.53. The van der Waals surface area contributed by atoms with Crippen molar-refractivity contribution in [2.24, 2.45) is 5.92 Å². The molecule has 0 aromatic carbocycles. The van der Waals surface area contributed by atoms with E-state index in [0.717, 1.165) is 25.4 Å². The van der Waals surface area contributed by atoms with Gasteiger partial charge in [0, 0.05) is 18.9 Å². The molecule has 0 amide bonds. The Labute approximate surface area is 110 Å². The summed E-state index contributed by atoms with van der Waals surface area (Å²) in [6.45, 7) is 2.00. The van der Waals surface area contributed by atoms with Crippen molar-refractivity contribution in [3.63, 3.8) is 0 Å². The summed E-state index contributed by atoms with van der Waals surface area (Å²) in [6, 6.07) is 0. The summed E-state index contributed by atoms with van der Waals surface area (Å²) in [5.74, 6) is 1.93. The number of aromatic nitrogens is 4. The Hall–Kier alpha value is -1.82. The van der Waals surface area contributed by atoms with E-state index in [-0.39, 0.29) is 5.41 Å². The van der Waals surface area contributed by atoms with Crippen LogP contribution in [0.4, 0.5) is 0 Å². The van der Waals surface area contributed by atoms with Gasteiger partial charge in [-0.2, -0.15) is 4.98 Å². The quantitative estimate of drug-likeness (QED) is 0.870. The highest BCUT2D eigenvalue weighted by Crippen LogP contribution is 2.47. The van der Waals surface area contributed by atoms with Crippen molar-refractivity contribution in [3.8, 4) is 11.5 Å². The molecule has 1 aliphatic heterocycles. The van der Waals surface area contributed by atoms with Crippen LogP contribution < -0.4 is 5.32 Å². The second kappa shape index (κ2) is 4.09. The highest BCUT2D eigenvalue weighted by Gasteiger charge is 2.51.